The highest BCUT2D eigenvalue weighted by atomic mass is 16.5. The summed E-state index contributed by atoms with van der Waals surface area (Å²) in [6, 6.07) is 9.30. The second kappa shape index (κ2) is 19.6. The molecule has 0 unspecified atom stereocenters. The number of aliphatic hydroxyl groups excluding tert-OH is 1. The van der Waals surface area contributed by atoms with Gasteiger partial charge in [-0.15, -0.1) is 0 Å². The zero-order valence-electron chi connectivity index (χ0n) is 32.6. The number of hydrogen-bond acceptors (Lipinski definition) is 10. The maximum absolute atomic E-state index is 13.6. The first-order valence-corrected chi connectivity index (χ1v) is 18.4. The van der Waals surface area contributed by atoms with Gasteiger partial charge in [-0.25, -0.2) is 0 Å². The SMILES string of the molecule is COc1ccc2cc1Oc1cccc(OC)c1CNC(=O)[C@@H](C(C)C)NC(=O)[C@H]([C@@H](C)O)NC(=O)CN(C(=O)CCn1nc(C)cc1C)CCCCNC2=O. The van der Waals surface area contributed by atoms with Crippen molar-refractivity contribution in [3.63, 3.8) is 0 Å². The molecule has 5 N–H and O–H groups in total. The van der Waals surface area contributed by atoms with Crippen molar-refractivity contribution in [2.24, 2.45) is 5.92 Å². The number of nitrogens with one attached hydrogen (secondary N) is 4. The number of amides is 5. The summed E-state index contributed by atoms with van der Waals surface area (Å²) in [6.45, 7) is 8.90. The van der Waals surface area contributed by atoms with Crippen molar-refractivity contribution < 1.29 is 43.3 Å². The van der Waals surface area contributed by atoms with E-state index in [4.69, 9.17) is 14.2 Å². The van der Waals surface area contributed by atoms with E-state index in [2.05, 4.69) is 26.4 Å². The Labute approximate surface area is 321 Å². The number of ether oxygens (including phenoxy) is 3. The molecule has 0 aliphatic carbocycles. The number of fused-ring (bicyclic) bond motifs is 3. The molecule has 1 aliphatic heterocycles. The van der Waals surface area contributed by atoms with Crippen LogP contribution in [0.15, 0.2) is 42.5 Å². The Kier molecular flexibility index (Phi) is 15.0. The second-order valence-corrected chi connectivity index (χ2v) is 13.8. The Bertz CT molecular complexity index is 1840. The first-order chi connectivity index (χ1) is 26.2. The van der Waals surface area contributed by atoms with E-state index < -0.39 is 41.8 Å². The Morgan fingerprint density at radius 3 is 2.33 bits per heavy atom. The predicted octanol–water partition coefficient (Wildman–Crippen LogP) is 2.37. The van der Waals surface area contributed by atoms with Crippen molar-refractivity contribution in [3.05, 3.63) is 65.0 Å². The molecule has 3 atom stereocenters. The number of nitrogens with zero attached hydrogens (tertiary/aromatic N) is 3. The van der Waals surface area contributed by atoms with Crippen LogP contribution in [0.1, 0.15) is 67.3 Å². The molecule has 5 amide bonds. The van der Waals surface area contributed by atoms with Crippen molar-refractivity contribution in [2.75, 3.05) is 33.9 Å². The summed E-state index contributed by atoms with van der Waals surface area (Å²) in [4.78, 5) is 68.8. The number of aryl methyl sites for hydroxylation is 3. The molecular weight excluding hydrogens is 710 g/mol. The van der Waals surface area contributed by atoms with Crippen LogP contribution in [-0.4, -0.2) is 101 Å². The van der Waals surface area contributed by atoms with Gasteiger partial charge in [0.25, 0.3) is 5.91 Å². The molecule has 4 rings (SSSR count). The lowest BCUT2D eigenvalue weighted by atomic mass is 10.0. The molecule has 16 nitrogen and oxygen atoms in total. The van der Waals surface area contributed by atoms with E-state index in [-0.39, 0.29) is 50.2 Å². The molecule has 0 fully saturated rings. The molecule has 2 heterocycles. The molecule has 0 saturated carbocycles. The lowest BCUT2D eigenvalue weighted by molar-refractivity contribution is -0.138. The summed E-state index contributed by atoms with van der Waals surface area (Å²) in [5.74, 6) is -1.70. The normalized spacial score (nSPS) is 18.5. The highest BCUT2D eigenvalue weighted by molar-refractivity contribution is 5.95. The van der Waals surface area contributed by atoms with Crippen LogP contribution in [0.4, 0.5) is 0 Å². The van der Waals surface area contributed by atoms with Crippen LogP contribution in [0, 0.1) is 19.8 Å². The van der Waals surface area contributed by atoms with Gasteiger partial charge in [-0.3, -0.25) is 28.7 Å². The summed E-state index contributed by atoms with van der Waals surface area (Å²) >= 11 is 0. The van der Waals surface area contributed by atoms with E-state index in [9.17, 15) is 29.1 Å². The lowest BCUT2D eigenvalue weighted by Crippen LogP contribution is -2.59. The van der Waals surface area contributed by atoms with Gasteiger partial charge in [-0.1, -0.05) is 19.9 Å². The Morgan fingerprint density at radius 1 is 0.927 bits per heavy atom. The van der Waals surface area contributed by atoms with E-state index in [1.54, 1.807) is 54.9 Å². The zero-order chi connectivity index (χ0) is 40.2. The third-order valence-corrected chi connectivity index (χ3v) is 9.19. The molecule has 55 heavy (non-hydrogen) atoms. The maximum atomic E-state index is 13.6. The molecule has 0 saturated heterocycles. The van der Waals surface area contributed by atoms with Crippen molar-refractivity contribution in [1.82, 2.24) is 35.9 Å². The average Bonchev–Trinajstić information content (AvgIpc) is 3.48. The third kappa shape index (κ3) is 11.4. The van der Waals surface area contributed by atoms with Crippen LogP contribution in [0.2, 0.25) is 0 Å². The van der Waals surface area contributed by atoms with E-state index in [1.165, 1.54) is 26.0 Å². The number of aromatic nitrogens is 2. The Hall–Kier alpha value is -5.64. The minimum atomic E-state index is -1.43. The first kappa shape index (κ1) is 42.1. The number of aliphatic hydroxyl groups is 1. The lowest BCUT2D eigenvalue weighted by Gasteiger charge is -2.28. The summed E-state index contributed by atoms with van der Waals surface area (Å²) < 4.78 is 19.1. The number of carbonyl (C=O) groups excluding carboxylic acids is 5. The topological polar surface area (TPSA) is 202 Å². The fourth-order valence-corrected chi connectivity index (χ4v) is 6.17. The van der Waals surface area contributed by atoms with Crippen molar-refractivity contribution in [2.45, 2.75) is 85.2 Å². The summed E-state index contributed by atoms with van der Waals surface area (Å²) in [7, 11) is 2.96. The predicted molar refractivity (Wildman–Crippen MR) is 203 cm³/mol. The smallest absolute Gasteiger partial charge is 0.251 e. The molecular formula is C39H53N7O9. The van der Waals surface area contributed by atoms with Gasteiger partial charge in [0.05, 0.1) is 44.7 Å². The molecule has 298 valence electrons. The van der Waals surface area contributed by atoms with Gasteiger partial charge in [-0.05, 0) is 75.9 Å². The monoisotopic (exact) mass is 763 g/mol. The summed E-state index contributed by atoms with van der Waals surface area (Å²) in [5, 5.41) is 26.0. The zero-order valence-corrected chi connectivity index (χ0v) is 32.6. The number of methoxy groups -OCH3 is 2. The number of hydrogen-bond donors (Lipinski definition) is 5. The second-order valence-electron chi connectivity index (χ2n) is 13.8. The molecule has 0 spiro atoms. The van der Waals surface area contributed by atoms with Crippen molar-refractivity contribution >= 4 is 29.5 Å². The first-order valence-electron chi connectivity index (χ1n) is 18.4. The van der Waals surface area contributed by atoms with Gasteiger partial charge in [0.2, 0.25) is 23.6 Å². The molecule has 2 bridgehead atoms. The Morgan fingerprint density at radius 2 is 1.67 bits per heavy atom. The molecule has 3 aromatic rings. The Balaban J connectivity index is 1.64. The van der Waals surface area contributed by atoms with Crippen LogP contribution in [-0.2, 0) is 32.3 Å². The van der Waals surface area contributed by atoms with Gasteiger partial charge >= 0.3 is 0 Å². The number of carbonyl (C=O) groups is 5. The van der Waals surface area contributed by atoms with E-state index in [1.807, 2.05) is 19.9 Å². The van der Waals surface area contributed by atoms with Crippen LogP contribution < -0.4 is 35.5 Å². The van der Waals surface area contributed by atoms with Crippen LogP contribution in [0.3, 0.4) is 0 Å². The molecule has 16 heteroatoms. The molecule has 0 radical (unpaired) electrons. The van der Waals surface area contributed by atoms with Gasteiger partial charge in [-0.2, -0.15) is 5.10 Å². The van der Waals surface area contributed by atoms with E-state index in [0.29, 0.717) is 47.8 Å². The van der Waals surface area contributed by atoms with Gasteiger partial charge < -0.3 is 45.5 Å². The van der Waals surface area contributed by atoms with Crippen LogP contribution in [0.5, 0.6) is 23.0 Å². The summed E-state index contributed by atoms with van der Waals surface area (Å²) in [6.07, 6.45) is -0.344. The highest BCUT2D eigenvalue weighted by Gasteiger charge is 2.32. The largest absolute Gasteiger partial charge is 0.496 e. The van der Waals surface area contributed by atoms with E-state index in [0.717, 1.165) is 11.4 Å². The van der Waals surface area contributed by atoms with Crippen molar-refractivity contribution in [3.8, 4) is 23.0 Å². The fourth-order valence-electron chi connectivity index (χ4n) is 6.17. The minimum Gasteiger partial charge on any atom is -0.496 e. The maximum Gasteiger partial charge on any atom is 0.251 e. The van der Waals surface area contributed by atoms with Crippen LogP contribution in [0.25, 0.3) is 0 Å². The van der Waals surface area contributed by atoms with Gasteiger partial charge in [0.15, 0.2) is 11.5 Å². The van der Waals surface area contributed by atoms with E-state index >= 15 is 0 Å². The van der Waals surface area contributed by atoms with Gasteiger partial charge in [0, 0.05) is 37.3 Å². The quantitative estimate of drug-likeness (QED) is 0.238. The number of benzene rings is 2. The molecule has 1 aliphatic rings. The highest BCUT2D eigenvalue weighted by Crippen LogP contribution is 2.37. The molecule has 1 aromatic heterocycles. The number of rotatable bonds is 7. The molecule has 2 aromatic carbocycles. The summed E-state index contributed by atoms with van der Waals surface area (Å²) in [5.41, 5.74) is 2.50. The average molecular weight is 764 g/mol. The van der Waals surface area contributed by atoms with Crippen molar-refractivity contribution in [1.29, 1.82) is 0 Å². The third-order valence-electron chi connectivity index (χ3n) is 9.19. The minimum absolute atomic E-state index is 0.0646. The van der Waals surface area contributed by atoms with Crippen LogP contribution >= 0.6 is 0 Å². The standard InChI is InChI=1S/C39H53N7O9/c1-23(2)35-38(51)41-21-28-29(53-6)11-10-12-30(28)55-32-20-27(13-14-31(32)54-7)37(50)40-16-8-9-17-45(22-33(48)42-36(26(5)47)39(52)43-35)34(49)15-18-46-25(4)19-24(3)44-46/h10-14,19-20,23,26,35-36,47H,8-9,15-18,21-22H2,1-7H3,(H,40,50)(H,41,51)(H,42,48)(H,43,52)/t26-,35-,36+/m1/s1. The fraction of sp³-hybridized carbons (Fsp3) is 0.487. The van der Waals surface area contributed by atoms with Gasteiger partial charge in [0.1, 0.15) is 23.6 Å².